The number of aromatic nitrogens is 2. The van der Waals surface area contributed by atoms with Crippen molar-refractivity contribution in [3.63, 3.8) is 0 Å². The molecule has 0 unspecified atom stereocenters. The minimum atomic E-state index is -0.383. The molecule has 0 saturated carbocycles. The van der Waals surface area contributed by atoms with Crippen LogP contribution in [0.5, 0.6) is 11.5 Å². The number of hydrazone groups is 1. The van der Waals surface area contributed by atoms with Gasteiger partial charge < -0.3 is 15.2 Å². The van der Waals surface area contributed by atoms with Crippen LogP contribution in [0.1, 0.15) is 15.9 Å². The molecule has 3 rings (SSSR count). The number of benzene rings is 2. The van der Waals surface area contributed by atoms with Gasteiger partial charge in [-0.25, -0.2) is 10.4 Å². The van der Waals surface area contributed by atoms with Crippen molar-refractivity contribution in [2.24, 2.45) is 5.10 Å². The molecule has 0 saturated heterocycles. The summed E-state index contributed by atoms with van der Waals surface area (Å²) >= 11 is 0. The fraction of sp³-hybridized carbons (Fsp3) is 0. The van der Waals surface area contributed by atoms with Gasteiger partial charge in [-0.2, -0.15) is 5.10 Å². The molecule has 2 aromatic carbocycles. The molecule has 0 fully saturated rings. The summed E-state index contributed by atoms with van der Waals surface area (Å²) in [4.78, 5) is 19.0. The topological polar surface area (TPSA) is 111 Å². The Kier molecular flexibility index (Phi) is 3.45. The van der Waals surface area contributed by atoms with Crippen LogP contribution in [0.4, 0.5) is 0 Å². The average molecular weight is 296 g/mol. The molecule has 1 heterocycles. The number of fused-ring (bicyclic) bond motifs is 1. The number of carbonyl (C=O) groups excluding carboxylic acids is 1. The van der Waals surface area contributed by atoms with Crippen LogP contribution in [0.15, 0.2) is 47.8 Å². The molecule has 0 aliphatic carbocycles. The molecule has 0 spiro atoms. The predicted molar refractivity (Wildman–Crippen MR) is 80.9 cm³/mol. The number of nitrogens with zero attached hydrogens (tertiary/aromatic N) is 2. The Bertz CT molecular complexity index is 870. The molecular weight excluding hydrogens is 284 g/mol. The molecule has 7 nitrogen and oxygen atoms in total. The molecule has 1 amide bonds. The number of amides is 1. The highest BCUT2D eigenvalue weighted by Gasteiger charge is 2.06. The smallest absolute Gasteiger partial charge is 0.271 e. The van der Waals surface area contributed by atoms with Crippen LogP contribution in [0.25, 0.3) is 11.0 Å². The fourth-order valence-electron chi connectivity index (χ4n) is 1.94. The van der Waals surface area contributed by atoms with Gasteiger partial charge in [-0.05, 0) is 30.3 Å². The van der Waals surface area contributed by atoms with Gasteiger partial charge in [0.1, 0.15) is 11.5 Å². The lowest BCUT2D eigenvalue weighted by molar-refractivity contribution is 0.0955. The van der Waals surface area contributed by atoms with Crippen molar-refractivity contribution in [3.8, 4) is 11.5 Å². The highest BCUT2D eigenvalue weighted by Crippen LogP contribution is 2.20. The molecule has 0 aliphatic rings. The predicted octanol–water partition coefficient (Wildman–Crippen LogP) is 1.74. The number of H-pyrrole nitrogens is 1. The molecule has 0 aliphatic heterocycles. The minimum Gasteiger partial charge on any atom is -0.508 e. The molecule has 3 aromatic rings. The zero-order chi connectivity index (χ0) is 15.5. The highest BCUT2D eigenvalue weighted by molar-refractivity contribution is 5.97. The van der Waals surface area contributed by atoms with E-state index >= 15 is 0 Å². The quantitative estimate of drug-likeness (QED) is 0.436. The standard InChI is InChI=1S/C15H12N4O3/c20-11-3-1-10(14(21)6-11)7-18-19-15(22)9-2-4-12-13(5-9)17-8-16-12/h1-8,20-21H,(H,16,17)(H,19,22)/b18-7+. The van der Waals surface area contributed by atoms with Crippen LogP contribution in [-0.4, -0.2) is 32.3 Å². The maximum absolute atomic E-state index is 12.0. The number of nitrogens with one attached hydrogen (secondary N) is 2. The molecule has 0 bridgehead atoms. The first-order valence-corrected chi connectivity index (χ1v) is 6.42. The maximum atomic E-state index is 12.0. The largest absolute Gasteiger partial charge is 0.508 e. The number of phenolic OH excluding ortho intramolecular Hbond substituents is 2. The van der Waals surface area contributed by atoms with Gasteiger partial charge in [0.25, 0.3) is 5.91 Å². The van der Waals surface area contributed by atoms with Crippen LogP contribution >= 0.6 is 0 Å². The second-order valence-electron chi connectivity index (χ2n) is 4.58. The zero-order valence-electron chi connectivity index (χ0n) is 11.3. The van der Waals surface area contributed by atoms with E-state index in [4.69, 9.17) is 0 Å². The Hall–Kier alpha value is -3.35. The summed E-state index contributed by atoms with van der Waals surface area (Å²) in [5.41, 5.74) is 4.71. The number of rotatable bonds is 3. The van der Waals surface area contributed by atoms with Crippen molar-refractivity contribution in [1.29, 1.82) is 0 Å². The number of imidazole rings is 1. The summed E-state index contributed by atoms with van der Waals surface area (Å²) in [6, 6.07) is 9.13. The van der Waals surface area contributed by atoms with E-state index < -0.39 is 0 Å². The number of hydrogen-bond donors (Lipinski definition) is 4. The monoisotopic (exact) mass is 296 g/mol. The molecule has 110 valence electrons. The van der Waals surface area contributed by atoms with Gasteiger partial charge in [0, 0.05) is 17.2 Å². The van der Waals surface area contributed by atoms with Gasteiger partial charge in [-0.1, -0.05) is 0 Å². The zero-order valence-corrected chi connectivity index (χ0v) is 11.3. The first kappa shape index (κ1) is 13.6. The third-order valence-electron chi connectivity index (χ3n) is 3.07. The Labute approximate surface area is 124 Å². The number of aromatic amines is 1. The number of phenols is 2. The van der Waals surface area contributed by atoms with Crippen molar-refractivity contribution in [1.82, 2.24) is 15.4 Å². The van der Waals surface area contributed by atoms with Gasteiger partial charge in [-0.3, -0.25) is 4.79 Å². The summed E-state index contributed by atoms with van der Waals surface area (Å²) in [5.74, 6) is -0.561. The summed E-state index contributed by atoms with van der Waals surface area (Å²) in [6.45, 7) is 0. The van der Waals surface area contributed by atoms with E-state index in [0.29, 0.717) is 11.1 Å². The van der Waals surface area contributed by atoms with Crippen LogP contribution in [0.3, 0.4) is 0 Å². The number of carbonyl (C=O) groups is 1. The van der Waals surface area contributed by atoms with E-state index in [2.05, 4.69) is 20.5 Å². The molecule has 0 radical (unpaired) electrons. The lowest BCUT2D eigenvalue weighted by atomic mass is 10.2. The molecule has 22 heavy (non-hydrogen) atoms. The summed E-state index contributed by atoms with van der Waals surface area (Å²) < 4.78 is 0. The maximum Gasteiger partial charge on any atom is 0.271 e. The van der Waals surface area contributed by atoms with Crippen LogP contribution in [0.2, 0.25) is 0 Å². The van der Waals surface area contributed by atoms with Crippen LogP contribution in [-0.2, 0) is 0 Å². The third-order valence-corrected chi connectivity index (χ3v) is 3.07. The van der Waals surface area contributed by atoms with E-state index in [9.17, 15) is 15.0 Å². The van der Waals surface area contributed by atoms with Gasteiger partial charge in [0.05, 0.1) is 23.6 Å². The van der Waals surface area contributed by atoms with Crippen molar-refractivity contribution in [2.45, 2.75) is 0 Å². The number of hydrogen-bond acceptors (Lipinski definition) is 5. The first-order valence-electron chi connectivity index (χ1n) is 6.42. The SMILES string of the molecule is O=C(N/N=C/c1ccc(O)cc1O)c1ccc2nc[nH]c2c1. The Morgan fingerprint density at radius 2 is 2.09 bits per heavy atom. The second kappa shape index (κ2) is 5.57. The van der Waals surface area contributed by atoms with Crippen LogP contribution in [0, 0.1) is 0 Å². The number of aromatic hydroxyl groups is 2. The summed E-state index contributed by atoms with van der Waals surface area (Å²) in [6.07, 6.45) is 2.85. The van der Waals surface area contributed by atoms with Gasteiger partial charge in [-0.15, -0.1) is 0 Å². The van der Waals surface area contributed by atoms with E-state index in [1.807, 2.05) is 0 Å². The minimum absolute atomic E-state index is 0.0495. The molecule has 7 heteroatoms. The first-order chi connectivity index (χ1) is 10.6. The summed E-state index contributed by atoms with van der Waals surface area (Å²) in [5, 5.41) is 22.6. The Balaban J connectivity index is 1.72. The molecular formula is C15H12N4O3. The lowest BCUT2D eigenvalue weighted by Crippen LogP contribution is -2.17. The fourth-order valence-corrected chi connectivity index (χ4v) is 1.94. The van der Waals surface area contributed by atoms with Crippen molar-refractivity contribution in [2.75, 3.05) is 0 Å². The van der Waals surface area contributed by atoms with E-state index in [1.165, 1.54) is 24.4 Å². The normalized spacial score (nSPS) is 11.1. The van der Waals surface area contributed by atoms with E-state index in [-0.39, 0.29) is 17.4 Å². The van der Waals surface area contributed by atoms with Crippen molar-refractivity contribution in [3.05, 3.63) is 53.9 Å². The Morgan fingerprint density at radius 1 is 1.23 bits per heavy atom. The van der Waals surface area contributed by atoms with Crippen LogP contribution < -0.4 is 5.43 Å². The van der Waals surface area contributed by atoms with E-state index in [0.717, 1.165) is 11.0 Å². The second-order valence-corrected chi connectivity index (χ2v) is 4.58. The Morgan fingerprint density at radius 3 is 2.91 bits per heavy atom. The van der Waals surface area contributed by atoms with Crippen molar-refractivity contribution < 1.29 is 15.0 Å². The van der Waals surface area contributed by atoms with Gasteiger partial charge in [0.2, 0.25) is 0 Å². The summed E-state index contributed by atoms with van der Waals surface area (Å²) in [7, 11) is 0. The molecule has 0 atom stereocenters. The average Bonchev–Trinajstić information content (AvgIpc) is 2.96. The van der Waals surface area contributed by atoms with E-state index in [1.54, 1.807) is 24.5 Å². The van der Waals surface area contributed by atoms with Gasteiger partial charge >= 0.3 is 0 Å². The molecule has 4 N–H and O–H groups in total. The third kappa shape index (κ3) is 2.73. The highest BCUT2D eigenvalue weighted by atomic mass is 16.3. The molecule has 1 aromatic heterocycles. The van der Waals surface area contributed by atoms with Gasteiger partial charge in [0.15, 0.2) is 0 Å². The van der Waals surface area contributed by atoms with Crippen molar-refractivity contribution >= 4 is 23.2 Å². The lowest BCUT2D eigenvalue weighted by Gasteiger charge is -2.01.